The number of rotatable bonds is 4. The molecule has 0 aliphatic carbocycles. The van der Waals surface area contributed by atoms with Crippen molar-refractivity contribution in [3.8, 4) is 5.75 Å². The van der Waals surface area contributed by atoms with Crippen LogP contribution in [0.25, 0.3) is 0 Å². The van der Waals surface area contributed by atoms with Gasteiger partial charge in [0.1, 0.15) is 5.75 Å². The number of hydrogen-bond donors (Lipinski definition) is 0. The highest BCUT2D eigenvalue weighted by molar-refractivity contribution is 7.89. The zero-order valence-electron chi connectivity index (χ0n) is 13.2. The van der Waals surface area contributed by atoms with Gasteiger partial charge in [-0.15, -0.1) is 0 Å². The molecule has 1 aliphatic rings. The quantitative estimate of drug-likeness (QED) is 0.833. The molecule has 5 nitrogen and oxygen atoms in total. The molecule has 1 atom stereocenters. The minimum Gasteiger partial charge on any atom is -0.495 e. The fourth-order valence-corrected chi connectivity index (χ4v) is 4.44. The van der Waals surface area contributed by atoms with Crippen molar-refractivity contribution in [1.29, 1.82) is 0 Å². The van der Waals surface area contributed by atoms with E-state index in [0.717, 1.165) is 5.56 Å². The van der Waals surface area contributed by atoms with Gasteiger partial charge in [-0.05, 0) is 23.8 Å². The first-order valence-corrected chi connectivity index (χ1v) is 9.34. The summed E-state index contributed by atoms with van der Waals surface area (Å²) in [6.45, 7) is 0.938. The molecule has 1 heterocycles. The van der Waals surface area contributed by atoms with E-state index >= 15 is 0 Å². The molecular formula is C17H18ClNO4S. The molecule has 1 aliphatic heterocycles. The number of hydrogen-bond acceptors (Lipinski definition) is 4. The van der Waals surface area contributed by atoms with Crippen molar-refractivity contribution in [2.45, 2.75) is 11.0 Å². The predicted molar refractivity (Wildman–Crippen MR) is 91.9 cm³/mol. The third-order valence-electron chi connectivity index (χ3n) is 3.96. The van der Waals surface area contributed by atoms with Gasteiger partial charge in [-0.25, -0.2) is 8.42 Å². The lowest BCUT2D eigenvalue weighted by atomic mass is 10.1. The highest BCUT2D eigenvalue weighted by Crippen LogP contribution is 2.30. The third kappa shape index (κ3) is 3.42. The Labute approximate surface area is 146 Å². The maximum Gasteiger partial charge on any atom is 0.243 e. The van der Waals surface area contributed by atoms with E-state index in [0.29, 0.717) is 18.9 Å². The van der Waals surface area contributed by atoms with E-state index in [-0.39, 0.29) is 22.6 Å². The fourth-order valence-electron chi connectivity index (χ4n) is 2.67. The summed E-state index contributed by atoms with van der Waals surface area (Å²) in [6.07, 6.45) is -0.275. The van der Waals surface area contributed by atoms with Crippen molar-refractivity contribution in [3.63, 3.8) is 0 Å². The van der Waals surface area contributed by atoms with Crippen LogP contribution in [0.1, 0.15) is 11.7 Å². The van der Waals surface area contributed by atoms with Crippen LogP contribution in [0.5, 0.6) is 5.75 Å². The summed E-state index contributed by atoms with van der Waals surface area (Å²) in [6, 6.07) is 14.1. The van der Waals surface area contributed by atoms with Crippen LogP contribution in [0.3, 0.4) is 0 Å². The number of ether oxygens (including phenoxy) is 2. The maximum atomic E-state index is 12.9. The first kappa shape index (κ1) is 17.2. The molecule has 24 heavy (non-hydrogen) atoms. The van der Waals surface area contributed by atoms with Crippen LogP contribution in [0, 0.1) is 0 Å². The molecule has 0 radical (unpaired) electrons. The van der Waals surface area contributed by atoms with Crippen LogP contribution < -0.4 is 4.74 Å². The molecule has 2 aromatic rings. The van der Waals surface area contributed by atoms with Gasteiger partial charge < -0.3 is 9.47 Å². The lowest BCUT2D eigenvalue weighted by Crippen LogP contribution is -2.42. The summed E-state index contributed by atoms with van der Waals surface area (Å²) in [7, 11) is -2.15. The highest BCUT2D eigenvalue weighted by Gasteiger charge is 2.31. The molecule has 0 bridgehead atoms. The van der Waals surface area contributed by atoms with Gasteiger partial charge in [0.15, 0.2) is 0 Å². The van der Waals surface area contributed by atoms with E-state index in [1.165, 1.54) is 23.5 Å². The van der Waals surface area contributed by atoms with Crippen molar-refractivity contribution in [1.82, 2.24) is 4.31 Å². The first-order chi connectivity index (χ1) is 11.5. The number of halogens is 1. The molecule has 0 N–H and O–H groups in total. The largest absolute Gasteiger partial charge is 0.495 e. The minimum atomic E-state index is -3.64. The first-order valence-electron chi connectivity index (χ1n) is 7.52. The Morgan fingerprint density at radius 3 is 2.62 bits per heavy atom. The second kappa shape index (κ2) is 7.11. The van der Waals surface area contributed by atoms with Gasteiger partial charge >= 0.3 is 0 Å². The Balaban J connectivity index is 1.85. The summed E-state index contributed by atoms with van der Waals surface area (Å²) in [5.41, 5.74) is 0.963. The SMILES string of the molecule is COc1ccc(S(=O)(=O)N2CCO[C@H](c3ccccc3)C2)cc1Cl. The van der Waals surface area contributed by atoms with Crippen molar-refractivity contribution < 1.29 is 17.9 Å². The fraction of sp³-hybridized carbons (Fsp3) is 0.294. The smallest absolute Gasteiger partial charge is 0.243 e. The zero-order chi connectivity index (χ0) is 17.2. The Morgan fingerprint density at radius 1 is 1.21 bits per heavy atom. The standard InChI is InChI=1S/C17H18ClNO4S/c1-22-16-8-7-14(11-15(16)18)24(20,21)19-9-10-23-17(12-19)13-5-3-2-4-6-13/h2-8,11,17H,9-10,12H2,1H3/t17-/m0/s1. The Kier molecular flexibility index (Phi) is 5.10. The van der Waals surface area contributed by atoms with Crippen LogP contribution in [-0.2, 0) is 14.8 Å². The second-order valence-electron chi connectivity index (χ2n) is 5.43. The van der Waals surface area contributed by atoms with Gasteiger partial charge in [-0.3, -0.25) is 0 Å². The zero-order valence-corrected chi connectivity index (χ0v) is 14.8. The molecule has 0 unspecified atom stereocenters. The van der Waals surface area contributed by atoms with Crippen molar-refractivity contribution in [2.24, 2.45) is 0 Å². The van der Waals surface area contributed by atoms with Gasteiger partial charge in [0.2, 0.25) is 10.0 Å². The summed E-state index contributed by atoms with van der Waals surface area (Å²) in [4.78, 5) is 0.155. The van der Waals surface area contributed by atoms with Crippen LogP contribution in [0.4, 0.5) is 0 Å². The van der Waals surface area contributed by atoms with Gasteiger partial charge in [0.05, 0.1) is 29.7 Å². The highest BCUT2D eigenvalue weighted by atomic mass is 35.5. The summed E-state index contributed by atoms with van der Waals surface area (Å²) < 4.78 is 38.0. The van der Waals surface area contributed by atoms with Crippen LogP contribution in [0.15, 0.2) is 53.4 Å². The van der Waals surface area contributed by atoms with E-state index in [4.69, 9.17) is 21.1 Å². The normalized spacial score (nSPS) is 19.2. The van der Waals surface area contributed by atoms with E-state index in [2.05, 4.69) is 0 Å². The Morgan fingerprint density at radius 2 is 1.96 bits per heavy atom. The Hall–Kier alpha value is -1.60. The Bertz CT molecular complexity index is 811. The van der Waals surface area contributed by atoms with Gasteiger partial charge in [-0.2, -0.15) is 4.31 Å². The molecule has 1 fully saturated rings. The van der Waals surface area contributed by atoms with E-state index in [9.17, 15) is 8.42 Å². The number of sulfonamides is 1. The average Bonchev–Trinajstić information content (AvgIpc) is 2.62. The summed E-state index contributed by atoms with van der Waals surface area (Å²) >= 11 is 6.07. The van der Waals surface area contributed by atoms with Crippen LogP contribution >= 0.6 is 11.6 Å². The van der Waals surface area contributed by atoms with E-state index in [1.807, 2.05) is 30.3 Å². The predicted octanol–water partition coefficient (Wildman–Crippen LogP) is 3.11. The molecule has 1 saturated heterocycles. The third-order valence-corrected chi connectivity index (χ3v) is 6.12. The molecule has 0 spiro atoms. The molecule has 2 aromatic carbocycles. The molecule has 0 saturated carbocycles. The van der Waals surface area contributed by atoms with Crippen LogP contribution in [0.2, 0.25) is 5.02 Å². The number of morpholine rings is 1. The number of benzene rings is 2. The van der Waals surface area contributed by atoms with Crippen LogP contribution in [-0.4, -0.2) is 39.5 Å². The van der Waals surface area contributed by atoms with Crippen molar-refractivity contribution in [2.75, 3.05) is 26.8 Å². The minimum absolute atomic E-state index is 0.155. The van der Waals surface area contributed by atoms with Gasteiger partial charge in [0, 0.05) is 13.1 Å². The van der Waals surface area contributed by atoms with Gasteiger partial charge in [-0.1, -0.05) is 41.9 Å². The van der Waals surface area contributed by atoms with Crippen molar-refractivity contribution >= 4 is 21.6 Å². The molecular weight excluding hydrogens is 350 g/mol. The van der Waals surface area contributed by atoms with Gasteiger partial charge in [0.25, 0.3) is 0 Å². The van der Waals surface area contributed by atoms with E-state index < -0.39 is 10.0 Å². The molecule has 0 aromatic heterocycles. The van der Waals surface area contributed by atoms with E-state index in [1.54, 1.807) is 6.07 Å². The average molecular weight is 368 g/mol. The summed E-state index contributed by atoms with van der Waals surface area (Å²) in [5, 5.41) is 0.270. The second-order valence-corrected chi connectivity index (χ2v) is 7.77. The summed E-state index contributed by atoms with van der Waals surface area (Å²) in [5.74, 6) is 0.444. The molecule has 0 amide bonds. The topological polar surface area (TPSA) is 55.8 Å². The monoisotopic (exact) mass is 367 g/mol. The molecule has 3 rings (SSSR count). The lowest BCUT2D eigenvalue weighted by Gasteiger charge is -2.32. The number of methoxy groups -OCH3 is 1. The maximum absolute atomic E-state index is 12.9. The molecule has 7 heteroatoms. The lowest BCUT2D eigenvalue weighted by molar-refractivity contribution is -0.00255. The number of nitrogens with zero attached hydrogens (tertiary/aromatic N) is 1. The van der Waals surface area contributed by atoms with Crippen molar-refractivity contribution in [3.05, 3.63) is 59.1 Å². The molecule has 128 valence electrons.